The summed E-state index contributed by atoms with van der Waals surface area (Å²) in [6.07, 6.45) is 3.28. The Labute approximate surface area is 104 Å². The molecule has 0 aliphatic rings. The lowest BCUT2D eigenvalue weighted by Crippen LogP contribution is -2.20. The maximum absolute atomic E-state index is 4.11. The van der Waals surface area contributed by atoms with Gasteiger partial charge in [-0.2, -0.15) is 0 Å². The second kappa shape index (κ2) is 6.87. The number of nitrogens with one attached hydrogen (secondary N) is 1. The molecule has 0 fully saturated rings. The molecule has 0 saturated heterocycles. The van der Waals surface area contributed by atoms with Gasteiger partial charge in [0.15, 0.2) is 0 Å². The van der Waals surface area contributed by atoms with Crippen molar-refractivity contribution in [3.8, 4) is 0 Å². The fourth-order valence-corrected chi connectivity index (χ4v) is 2.75. The third kappa shape index (κ3) is 3.76. The van der Waals surface area contributed by atoms with Gasteiger partial charge in [0.2, 0.25) is 0 Å². The Kier molecular flexibility index (Phi) is 5.78. The molecule has 1 N–H and O–H groups in total. The van der Waals surface area contributed by atoms with Gasteiger partial charge in [0, 0.05) is 15.8 Å². The van der Waals surface area contributed by atoms with E-state index in [1.165, 1.54) is 15.3 Å². The molecule has 1 atom stereocenters. The minimum atomic E-state index is 0.461. The lowest BCUT2D eigenvalue weighted by atomic mass is 10.0. The fourth-order valence-electron chi connectivity index (χ4n) is 1.72. The molecule has 1 aromatic heterocycles. The van der Waals surface area contributed by atoms with Gasteiger partial charge in [-0.1, -0.05) is 32.9 Å². The molecule has 0 saturated carbocycles. The van der Waals surface area contributed by atoms with Crippen LogP contribution in [0.5, 0.6) is 0 Å². The molecule has 1 rings (SSSR count). The van der Waals surface area contributed by atoms with Crippen molar-refractivity contribution >= 4 is 11.3 Å². The number of rotatable bonds is 7. The highest BCUT2D eigenvalue weighted by Crippen LogP contribution is 2.28. The van der Waals surface area contributed by atoms with Gasteiger partial charge in [0.05, 0.1) is 0 Å². The van der Waals surface area contributed by atoms with Crippen LogP contribution in [0.4, 0.5) is 0 Å². The van der Waals surface area contributed by atoms with Crippen LogP contribution in [-0.4, -0.2) is 6.54 Å². The summed E-state index contributed by atoms with van der Waals surface area (Å²) in [7, 11) is 0. The average molecular weight is 237 g/mol. The average Bonchev–Trinajstić information content (AvgIpc) is 2.76. The molecule has 0 aliphatic carbocycles. The number of hydrogen-bond donors (Lipinski definition) is 1. The van der Waals surface area contributed by atoms with Crippen LogP contribution in [0.3, 0.4) is 0 Å². The number of hydrogen-bond acceptors (Lipinski definition) is 2. The number of thiophene rings is 1. The Morgan fingerprint density at radius 3 is 2.62 bits per heavy atom. The molecule has 1 unspecified atom stereocenters. The molecular formula is C14H23NS. The molecule has 0 aliphatic heterocycles. The van der Waals surface area contributed by atoms with E-state index >= 15 is 0 Å². The van der Waals surface area contributed by atoms with E-state index in [2.05, 4.69) is 44.8 Å². The van der Waals surface area contributed by atoms with Gasteiger partial charge in [0.1, 0.15) is 0 Å². The topological polar surface area (TPSA) is 12.0 Å². The van der Waals surface area contributed by atoms with Crippen molar-refractivity contribution in [1.29, 1.82) is 0 Å². The van der Waals surface area contributed by atoms with Crippen LogP contribution in [0, 0.1) is 0 Å². The minimum Gasteiger partial charge on any atom is -0.309 e. The largest absolute Gasteiger partial charge is 0.309 e. The lowest BCUT2D eigenvalue weighted by Gasteiger charge is -2.17. The second-order valence-corrected chi connectivity index (χ2v) is 5.28. The van der Waals surface area contributed by atoms with Crippen molar-refractivity contribution in [3.05, 3.63) is 34.0 Å². The zero-order valence-corrected chi connectivity index (χ0v) is 11.5. The first kappa shape index (κ1) is 13.5. The van der Waals surface area contributed by atoms with Crippen LogP contribution in [0.15, 0.2) is 24.3 Å². The van der Waals surface area contributed by atoms with E-state index in [1.807, 2.05) is 11.3 Å². The first-order chi connectivity index (χ1) is 7.71. The van der Waals surface area contributed by atoms with Crippen LogP contribution >= 0.6 is 11.3 Å². The molecule has 0 amide bonds. The van der Waals surface area contributed by atoms with Gasteiger partial charge in [-0.25, -0.2) is 0 Å². The highest BCUT2D eigenvalue weighted by molar-refractivity contribution is 7.12. The first-order valence-electron chi connectivity index (χ1n) is 6.19. The van der Waals surface area contributed by atoms with Gasteiger partial charge >= 0.3 is 0 Å². The van der Waals surface area contributed by atoms with Crippen LogP contribution in [0.2, 0.25) is 0 Å². The first-order valence-corrected chi connectivity index (χ1v) is 7.01. The summed E-state index contributed by atoms with van der Waals surface area (Å²) in [5.41, 5.74) is 1.33. The fraction of sp³-hybridized carbons (Fsp3) is 0.571. The summed E-state index contributed by atoms with van der Waals surface area (Å²) in [6, 6.07) is 4.97. The molecule has 1 nitrogen and oxygen atoms in total. The Hall–Kier alpha value is -0.600. The quantitative estimate of drug-likeness (QED) is 0.697. The van der Waals surface area contributed by atoms with Gasteiger partial charge < -0.3 is 5.32 Å². The number of aryl methyl sites for hydroxylation is 1. The SMILES string of the molecule is C=C(CC)CC(NCC)c1ccc(CC)s1. The van der Waals surface area contributed by atoms with E-state index in [4.69, 9.17) is 0 Å². The third-order valence-corrected chi connectivity index (χ3v) is 4.16. The maximum Gasteiger partial charge on any atom is 0.0452 e. The standard InChI is InChI=1S/C14H23NS/c1-5-11(4)10-13(15-7-3)14-9-8-12(6-2)16-14/h8-9,13,15H,4-7,10H2,1-3H3. The van der Waals surface area contributed by atoms with Gasteiger partial charge in [0.25, 0.3) is 0 Å². The molecule has 1 heterocycles. The Morgan fingerprint density at radius 2 is 2.12 bits per heavy atom. The van der Waals surface area contributed by atoms with Crippen molar-refractivity contribution in [2.45, 2.75) is 46.1 Å². The highest BCUT2D eigenvalue weighted by Gasteiger charge is 2.13. The van der Waals surface area contributed by atoms with Crippen molar-refractivity contribution in [3.63, 3.8) is 0 Å². The third-order valence-electron chi connectivity index (χ3n) is 2.82. The van der Waals surface area contributed by atoms with E-state index in [-0.39, 0.29) is 0 Å². The Morgan fingerprint density at radius 1 is 1.38 bits per heavy atom. The summed E-state index contributed by atoms with van der Waals surface area (Å²) in [4.78, 5) is 2.92. The monoisotopic (exact) mass is 237 g/mol. The molecule has 16 heavy (non-hydrogen) atoms. The Bertz CT molecular complexity index is 327. The molecule has 90 valence electrons. The summed E-state index contributed by atoms with van der Waals surface area (Å²) in [5, 5.41) is 3.55. The zero-order valence-electron chi connectivity index (χ0n) is 10.7. The smallest absolute Gasteiger partial charge is 0.0452 e. The predicted octanol–water partition coefficient (Wildman–Crippen LogP) is 4.32. The zero-order chi connectivity index (χ0) is 12.0. The van der Waals surface area contributed by atoms with Crippen molar-refractivity contribution in [2.24, 2.45) is 0 Å². The summed E-state index contributed by atoms with van der Waals surface area (Å²) < 4.78 is 0. The molecule has 0 aromatic carbocycles. The van der Waals surface area contributed by atoms with Crippen molar-refractivity contribution < 1.29 is 0 Å². The van der Waals surface area contributed by atoms with Crippen molar-refractivity contribution in [1.82, 2.24) is 5.32 Å². The summed E-state index contributed by atoms with van der Waals surface area (Å²) in [6.45, 7) is 11.7. The van der Waals surface area contributed by atoms with E-state index < -0.39 is 0 Å². The minimum absolute atomic E-state index is 0.461. The molecule has 0 bridgehead atoms. The molecule has 1 aromatic rings. The normalized spacial score (nSPS) is 12.7. The predicted molar refractivity (Wildman–Crippen MR) is 74.2 cm³/mol. The molecule has 0 spiro atoms. The highest BCUT2D eigenvalue weighted by atomic mass is 32.1. The van der Waals surface area contributed by atoms with Crippen LogP contribution in [0.1, 0.15) is 49.4 Å². The molecule has 2 heteroatoms. The van der Waals surface area contributed by atoms with Crippen LogP contribution < -0.4 is 5.32 Å². The van der Waals surface area contributed by atoms with E-state index in [0.717, 1.165) is 25.8 Å². The van der Waals surface area contributed by atoms with Crippen LogP contribution in [-0.2, 0) is 6.42 Å². The maximum atomic E-state index is 4.11. The van der Waals surface area contributed by atoms with Gasteiger partial charge in [-0.05, 0) is 37.9 Å². The van der Waals surface area contributed by atoms with Crippen LogP contribution in [0.25, 0.3) is 0 Å². The summed E-state index contributed by atoms with van der Waals surface area (Å²) in [5.74, 6) is 0. The molecular weight excluding hydrogens is 214 g/mol. The van der Waals surface area contributed by atoms with E-state index in [1.54, 1.807) is 0 Å². The van der Waals surface area contributed by atoms with E-state index in [9.17, 15) is 0 Å². The molecule has 0 radical (unpaired) electrons. The lowest BCUT2D eigenvalue weighted by molar-refractivity contribution is 0.551. The Balaban J connectivity index is 2.71. The van der Waals surface area contributed by atoms with Gasteiger partial charge in [-0.3, -0.25) is 0 Å². The van der Waals surface area contributed by atoms with Crippen molar-refractivity contribution in [2.75, 3.05) is 6.54 Å². The second-order valence-electron chi connectivity index (χ2n) is 4.08. The van der Waals surface area contributed by atoms with Gasteiger partial charge in [-0.15, -0.1) is 11.3 Å². The van der Waals surface area contributed by atoms with E-state index in [0.29, 0.717) is 6.04 Å². The summed E-state index contributed by atoms with van der Waals surface area (Å²) >= 11 is 1.93.